The number of aromatic nitrogens is 2. The van der Waals surface area contributed by atoms with Crippen molar-refractivity contribution in [1.29, 1.82) is 0 Å². The van der Waals surface area contributed by atoms with Gasteiger partial charge in [0.15, 0.2) is 0 Å². The van der Waals surface area contributed by atoms with Crippen LogP contribution in [0.3, 0.4) is 0 Å². The van der Waals surface area contributed by atoms with Crippen molar-refractivity contribution < 1.29 is 4.79 Å². The van der Waals surface area contributed by atoms with Gasteiger partial charge in [0.1, 0.15) is 0 Å². The summed E-state index contributed by atoms with van der Waals surface area (Å²) in [5.74, 6) is 0.675. The Morgan fingerprint density at radius 2 is 1.86 bits per heavy atom. The number of nitrogens with zero attached hydrogens (tertiary/aromatic N) is 4. The van der Waals surface area contributed by atoms with E-state index in [-0.39, 0.29) is 5.91 Å². The van der Waals surface area contributed by atoms with Crippen molar-refractivity contribution in [3.63, 3.8) is 0 Å². The Labute approximate surface area is 165 Å². The molecule has 0 bridgehead atoms. The largest absolute Gasteiger partial charge is 0.336 e. The van der Waals surface area contributed by atoms with Gasteiger partial charge in [-0.1, -0.05) is 24.3 Å². The van der Waals surface area contributed by atoms with Crippen LogP contribution >= 0.6 is 0 Å². The van der Waals surface area contributed by atoms with Crippen molar-refractivity contribution in [1.82, 2.24) is 19.8 Å². The highest BCUT2D eigenvalue weighted by Crippen LogP contribution is 2.40. The maximum Gasteiger partial charge on any atom is 0.254 e. The summed E-state index contributed by atoms with van der Waals surface area (Å²) in [6.07, 6.45) is 6.09. The first kappa shape index (κ1) is 17.3. The van der Waals surface area contributed by atoms with Gasteiger partial charge in [-0.15, -0.1) is 0 Å². The summed E-state index contributed by atoms with van der Waals surface area (Å²) < 4.78 is 0. The number of piperazine rings is 1. The molecule has 142 valence electrons. The van der Waals surface area contributed by atoms with Crippen LogP contribution in [0.2, 0.25) is 0 Å². The lowest BCUT2D eigenvalue weighted by Crippen LogP contribution is -2.48. The number of rotatable bonds is 4. The molecule has 1 aliphatic heterocycles. The van der Waals surface area contributed by atoms with Gasteiger partial charge in [-0.2, -0.15) is 0 Å². The quantitative estimate of drug-likeness (QED) is 0.704. The Morgan fingerprint density at radius 3 is 2.61 bits per heavy atom. The maximum atomic E-state index is 13.3. The van der Waals surface area contributed by atoms with Crippen LogP contribution in [0, 0.1) is 0 Å². The fourth-order valence-corrected chi connectivity index (χ4v) is 3.99. The third-order valence-corrected chi connectivity index (χ3v) is 5.75. The summed E-state index contributed by atoms with van der Waals surface area (Å²) in [4.78, 5) is 26.7. The van der Waals surface area contributed by atoms with E-state index in [1.807, 2.05) is 47.5 Å². The molecule has 1 saturated heterocycles. The number of fused-ring (bicyclic) bond motifs is 1. The molecule has 0 radical (unpaired) electrons. The standard InChI is InChI=1S/C23H24N4O/c28-23(27-12-10-26(11-13-27)16-17-4-3-9-24-15-17)20-14-22(18-7-8-18)25-21-6-2-1-5-19(20)21/h1-6,9,14-15,18H,7-8,10-13,16H2. The van der Waals surface area contributed by atoms with Gasteiger partial charge in [-0.25, -0.2) is 0 Å². The van der Waals surface area contributed by atoms with Crippen LogP contribution < -0.4 is 0 Å². The minimum absolute atomic E-state index is 0.140. The molecule has 0 N–H and O–H groups in total. The number of carbonyl (C=O) groups excluding carboxylic acids is 1. The van der Waals surface area contributed by atoms with Gasteiger partial charge in [0, 0.05) is 62.1 Å². The molecule has 0 unspecified atom stereocenters. The maximum absolute atomic E-state index is 13.3. The monoisotopic (exact) mass is 372 g/mol. The number of benzene rings is 1. The molecule has 2 aromatic heterocycles. The number of hydrogen-bond acceptors (Lipinski definition) is 4. The van der Waals surface area contributed by atoms with Gasteiger partial charge < -0.3 is 4.90 Å². The first-order valence-corrected chi connectivity index (χ1v) is 10.1. The normalized spacial score (nSPS) is 17.8. The van der Waals surface area contributed by atoms with Crippen LogP contribution in [0.1, 0.15) is 40.4 Å². The molecule has 5 heteroatoms. The molecule has 3 aromatic rings. The van der Waals surface area contributed by atoms with Crippen LogP contribution in [0.25, 0.3) is 10.9 Å². The Balaban J connectivity index is 1.33. The van der Waals surface area contributed by atoms with Crippen molar-refractivity contribution in [3.8, 4) is 0 Å². The Bertz CT molecular complexity index is 992. The summed E-state index contributed by atoms with van der Waals surface area (Å²) >= 11 is 0. The SMILES string of the molecule is O=C(c1cc(C2CC2)nc2ccccc12)N1CCN(Cc2cccnc2)CC1. The smallest absolute Gasteiger partial charge is 0.254 e. The highest BCUT2D eigenvalue weighted by Gasteiger charge is 2.29. The number of pyridine rings is 2. The molecule has 1 aliphatic carbocycles. The van der Waals surface area contributed by atoms with Crippen LogP contribution in [0.4, 0.5) is 0 Å². The lowest BCUT2D eigenvalue weighted by Gasteiger charge is -2.35. The highest BCUT2D eigenvalue weighted by molar-refractivity contribution is 6.06. The van der Waals surface area contributed by atoms with Gasteiger partial charge in [0.25, 0.3) is 5.91 Å². The average molecular weight is 372 g/mol. The van der Waals surface area contributed by atoms with E-state index in [2.05, 4.69) is 16.0 Å². The van der Waals surface area contributed by atoms with Crippen LogP contribution in [-0.4, -0.2) is 51.9 Å². The van der Waals surface area contributed by atoms with Crippen LogP contribution in [0.15, 0.2) is 54.9 Å². The molecule has 0 atom stereocenters. The van der Waals surface area contributed by atoms with E-state index in [9.17, 15) is 4.79 Å². The van der Waals surface area contributed by atoms with E-state index in [4.69, 9.17) is 4.98 Å². The topological polar surface area (TPSA) is 49.3 Å². The summed E-state index contributed by atoms with van der Waals surface area (Å²) in [6.45, 7) is 4.18. The fraction of sp³-hybridized carbons (Fsp3) is 0.348. The van der Waals surface area contributed by atoms with Crippen molar-refractivity contribution in [2.45, 2.75) is 25.3 Å². The van der Waals surface area contributed by atoms with Gasteiger partial charge >= 0.3 is 0 Å². The second kappa shape index (κ2) is 7.32. The van der Waals surface area contributed by atoms with Gasteiger partial charge in [0.2, 0.25) is 0 Å². The third kappa shape index (κ3) is 3.50. The summed E-state index contributed by atoms with van der Waals surface area (Å²) in [5, 5.41) is 0.967. The summed E-state index contributed by atoms with van der Waals surface area (Å²) in [7, 11) is 0. The molecule has 2 fully saturated rings. The number of para-hydroxylation sites is 1. The number of amides is 1. The first-order valence-electron chi connectivity index (χ1n) is 10.1. The van der Waals surface area contributed by atoms with E-state index < -0.39 is 0 Å². The van der Waals surface area contributed by atoms with Crippen molar-refractivity contribution in [3.05, 3.63) is 71.7 Å². The minimum Gasteiger partial charge on any atom is -0.336 e. The van der Waals surface area contributed by atoms with Gasteiger partial charge in [0.05, 0.1) is 11.1 Å². The summed E-state index contributed by atoms with van der Waals surface area (Å²) in [5.41, 5.74) is 4.05. The zero-order chi connectivity index (χ0) is 18.9. The molecule has 5 rings (SSSR count). The molecule has 2 aliphatic rings. The minimum atomic E-state index is 0.140. The molecule has 0 spiro atoms. The molecule has 1 aromatic carbocycles. The van der Waals surface area contributed by atoms with Crippen LogP contribution in [-0.2, 0) is 6.54 Å². The molecule has 28 heavy (non-hydrogen) atoms. The van der Waals surface area contributed by atoms with E-state index in [0.29, 0.717) is 5.92 Å². The zero-order valence-electron chi connectivity index (χ0n) is 15.9. The zero-order valence-corrected chi connectivity index (χ0v) is 15.9. The first-order chi connectivity index (χ1) is 13.8. The number of carbonyl (C=O) groups is 1. The predicted octanol–water partition coefficient (Wildman–Crippen LogP) is 3.47. The lowest BCUT2D eigenvalue weighted by molar-refractivity contribution is 0.0630. The molecule has 1 amide bonds. The third-order valence-electron chi connectivity index (χ3n) is 5.75. The molecule has 3 heterocycles. The number of hydrogen-bond donors (Lipinski definition) is 0. The Hall–Kier alpha value is -2.79. The Kier molecular flexibility index (Phi) is 4.53. The van der Waals surface area contributed by atoms with E-state index in [1.165, 1.54) is 18.4 Å². The second-order valence-corrected chi connectivity index (χ2v) is 7.82. The average Bonchev–Trinajstić information content (AvgIpc) is 3.59. The van der Waals surface area contributed by atoms with Crippen molar-refractivity contribution in [2.75, 3.05) is 26.2 Å². The molecule has 1 saturated carbocycles. The fourth-order valence-electron chi connectivity index (χ4n) is 3.99. The second-order valence-electron chi connectivity index (χ2n) is 7.82. The highest BCUT2D eigenvalue weighted by atomic mass is 16.2. The molecular formula is C23H24N4O. The predicted molar refractivity (Wildman–Crippen MR) is 109 cm³/mol. The van der Waals surface area contributed by atoms with E-state index in [1.54, 1.807) is 6.20 Å². The van der Waals surface area contributed by atoms with Crippen molar-refractivity contribution >= 4 is 16.8 Å². The van der Waals surface area contributed by atoms with Gasteiger partial charge in [-0.05, 0) is 36.6 Å². The van der Waals surface area contributed by atoms with Crippen molar-refractivity contribution in [2.24, 2.45) is 0 Å². The lowest BCUT2D eigenvalue weighted by atomic mass is 10.0. The Morgan fingerprint density at radius 1 is 1.04 bits per heavy atom. The van der Waals surface area contributed by atoms with Crippen LogP contribution in [0.5, 0.6) is 0 Å². The van der Waals surface area contributed by atoms with Gasteiger partial charge in [-0.3, -0.25) is 19.7 Å². The molecule has 5 nitrogen and oxygen atoms in total. The van der Waals surface area contributed by atoms with E-state index in [0.717, 1.165) is 54.9 Å². The summed E-state index contributed by atoms with van der Waals surface area (Å²) in [6, 6.07) is 14.1. The molecular weight excluding hydrogens is 348 g/mol. The van der Waals surface area contributed by atoms with E-state index >= 15 is 0 Å².